The molecule has 3 rings (SSSR count). The zero-order valence-corrected chi connectivity index (χ0v) is 14.8. The van der Waals surface area contributed by atoms with Gasteiger partial charge in [0.15, 0.2) is 0 Å². The first-order valence-electron chi connectivity index (χ1n) is 8.34. The Balaban J connectivity index is 1.76. The summed E-state index contributed by atoms with van der Waals surface area (Å²) in [6.45, 7) is 3.99. The molecule has 5 nitrogen and oxygen atoms in total. The Bertz CT molecular complexity index is 673. The monoisotopic (exact) mass is 346 g/mol. The van der Waals surface area contributed by atoms with Crippen LogP contribution in [0.4, 0.5) is 4.79 Å². The Morgan fingerprint density at radius 3 is 2.58 bits per heavy atom. The van der Waals surface area contributed by atoms with Gasteiger partial charge in [-0.25, -0.2) is 0 Å². The summed E-state index contributed by atoms with van der Waals surface area (Å²) in [7, 11) is 0. The zero-order valence-electron chi connectivity index (χ0n) is 14.0. The Morgan fingerprint density at radius 1 is 1.17 bits per heavy atom. The van der Waals surface area contributed by atoms with E-state index in [1.807, 2.05) is 32.0 Å². The van der Waals surface area contributed by atoms with Gasteiger partial charge in [0.25, 0.3) is 11.1 Å². The molecule has 2 unspecified atom stereocenters. The van der Waals surface area contributed by atoms with Crippen LogP contribution in [0.5, 0.6) is 0 Å². The largest absolute Gasteiger partial charge is 0.347 e. The van der Waals surface area contributed by atoms with Crippen LogP contribution in [0.2, 0.25) is 0 Å². The number of nitrogens with one attached hydrogen (secondary N) is 1. The highest BCUT2D eigenvalue weighted by molar-refractivity contribution is 8.14. The molecular weight excluding hydrogens is 324 g/mol. The number of hydrogen-bond donors (Lipinski definition) is 1. The lowest BCUT2D eigenvalue weighted by Gasteiger charge is -2.36. The lowest BCUT2D eigenvalue weighted by atomic mass is 9.89. The Kier molecular flexibility index (Phi) is 4.94. The highest BCUT2D eigenvalue weighted by Crippen LogP contribution is 2.30. The number of rotatable bonds is 3. The third-order valence-corrected chi connectivity index (χ3v) is 5.77. The van der Waals surface area contributed by atoms with Crippen molar-refractivity contribution in [3.63, 3.8) is 0 Å². The summed E-state index contributed by atoms with van der Waals surface area (Å²) in [4.78, 5) is 38.0. The van der Waals surface area contributed by atoms with E-state index in [4.69, 9.17) is 0 Å². The smallest absolute Gasteiger partial charge is 0.289 e. The number of thioether (sulfide) groups is 1. The van der Waals surface area contributed by atoms with Crippen LogP contribution in [-0.2, 0) is 4.79 Å². The quantitative estimate of drug-likeness (QED) is 0.913. The van der Waals surface area contributed by atoms with Crippen molar-refractivity contribution in [1.29, 1.82) is 0 Å². The minimum Gasteiger partial charge on any atom is -0.347 e. The van der Waals surface area contributed by atoms with Gasteiger partial charge in [0.2, 0.25) is 5.91 Å². The van der Waals surface area contributed by atoms with Crippen molar-refractivity contribution in [2.24, 2.45) is 0 Å². The van der Waals surface area contributed by atoms with Crippen LogP contribution in [0.3, 0.4) is 0 Å². The molecule has 1 aliphatic carbocycles. The second-order valence-electron chi connectivity index (χ2n) is 6.55. The molecule has 1 N–H and O–H groups in total. The summed E-state index contributed by atoms with van der Waals surface area (Å²) in [5, 5.41) is 2.87. The summed E-state index contributed by atoms with van der Waals surface area (Å²) in [5.74, 6) is -0.0586. The first kappa shape index (κ1) is 17.0. The fourth-order valence-corrected chi connectivity index (χ4v) is 4.17. The van der Waals surface area contributed by atoms with E-state index in [9.17, 15) is 14.4 Å². The standard InChI is InChI=1S/C18H22N2O3S/c1-11-7-8-13(9-12(11)2)17(22)19-14-5-3-4-6-15(14)20-16(21)10-24-18(20)23/h7-9,14-15H,3-6,10H2,1-2H3,(H,19,22). The van der Waals surface area contributed by atoms with Crippen LogP contribution in [0.1, 0.15) is 47.2 Å². The SMILES string of the molecule is Cc1ccc(C(=O)NC2CCCCC2N2C(=O)CSC2=O)cc1C. The summed E-state index contributed by atoms with van der Waals surface area (Å²) in [6, 6.07) is 5.25. The topological polar surface area (TPSA) is 66.5 Å². The van der Waals surface area contributed by atoms with Gasteiger partial charge in [-0.15, -0.1) is 0 Å². The molecule has 24 heavy (non-hydrogen) atoms. The molecule has 2 aliphatic rings. The number of benzene rings is 1. The number of aryl methyl sites for hydroxylation is 2. The Hall–Kier alpha value is -1.82. The normalized spacial score (nSPS) is 24.3. The lowest BCUT2D eigenvalue weighted by Crippen LogP contribution is -2.54. The summed E-state index contributed by atoms with van der Waals surface area (Å²) >= 11 is 1.05. The molecule has 0 aromatic heterocycles. The van der Waals surface area contributed by atoms with E-state index in [0.29, 0.717) is 5.56 Å². The van der Waals surface area contributed by atoms with Gasteiger partial charge in [-0.3, -0.25) is 19.3 Å². The van der Waals surface area contributed by atoms with Gasteiger partial charge in [-0.05, 0) is 49.9 Å². The fourth-order valence-electron chi connectivity index (χ4n) is 3.41. The van der Waals surface area contributed by atoms with Gasteiger partial charge in [0.05, 0.1) is 17.8 Å². The summed E-state index contributed by atoms with van der Waals surface area (Å²) in [6.07, 6.45) is 3.53. The van der Waals surface area contributed by atoms with E-state index in [2.05, 4.69) is 5.32 Å². The number of nitrogens with zero attached hydrogens (tertiary/aromatic N) is 1. The predicted octanol–water partition coefficient (Wildman–Crippen LogP) is 3.04. The minimum atomic E-state index is -0.218. The molecule has 1 aromatic carbocycles. The average Bonchev–Trinajstić information content (AvgIpc) is 2.89. The second-order valence-corrected chi connectivity index (χ2v) is 7.48. The van der Waals surface area contributed by atoms with E-state index in [0.717, 1.165) is 48.6 Å². The van der Waals surface area contributed by atoms with Gasteiger partial charge in [0, 0.05) is 5.56 Å². The van der Waals surface area contributed by atoms with Crippen molar-refractivity contribution in [3.05, 3.63) is 34.9 Å². The van der Waals surface area contributed by atoms with Crippen molar-refractivity contribution in [2.75, 3.05) is 5.75 Å². The van der Waals surface area contributed by atoms with Gasteiger partial charge < -0.3 is 5.32 Å². The number of amides is 3. The maximum Gasteiger partial charge on any atom is 0.289 e. The molecule has 1 aromatic rings. The third-order valence-electron chi connectivity index (χ3n) is 4.93. The van der Waals surface area contributed by atoms with E-state index in [1.54, 1.807) is 0 Å². The van der Waals surface area contributed by atoms with Gasteiger partial charge >= 0.3 is 0 Å². The number of hydrogen-bond acceptors (Lipinski definition) is 4. The van der Waals surface area contributed by atoms with Crippen LogP contribution in [0, 0.1) is 13.8 Å². The van der Waals surface area contributed by atoms with Crippen molar-refractivity contribution in [3.8, 4) is 0 Å². The summed E-state index contributed by atoms with van der Waals surface area (Å²) in [5.41, 5.74) is 2.84. The third kappa shape index (κ3) is 3.34. The first-order chi connectivity index (χ1) is 11.5. The molecule has 128 valence electrons. The van der Waals surface area contributed by atoms with Crippen LogP contribution in [-0.4, -0.2) is 39.8 Å². The highest BCUT2D eigenvalue weighted by Gasteiger charge is 2.41. The van der Waals surface area contributed by atoms with Gasteiger partial charge in [0.1, 0.15) is 0 Å². The van der Waals surface area contributed by atoms with Crippen molar-refractivity contribution >= 4 is 28.8 Å². The van der Waals surface area contributed by atoms with Gasteiger partial charge in [-0.1, -0.05) is 30.7 Å². The molecule has 3 amide bonds. The van der Waals surface area contributed by atoms with Crippen LogP contribution in [0.25, 0.3) is 0 Å². The maximum absolute atomic E-state index is 12.6. The molecular formula is C18H22N2O3S. The number of imide groups is 1. The van der Waals surface area contributed by atoms with E-state index >= 15 is 0 Å². The minimum absolute atomic E-state index is 0.137. The molecule has 1 aliphatic heterocycles. The zero-order chi connectivity index (χ0) is 17.3. The number of carbonyl (C=O) groups excluding carboxylic acids is 3. The molecule has 6 heteroatoms. The predicted molar refractivity (Wildman–Crippen MR) is 94.1 cm³/mol. The molecule has 2 fully saturated rings. The lowest BCUT2D eigenvalue weighted by molar-refractivity contribution is -0.127. The van der Waals surface area contributed by atoms with E-state index in [1.165, 1.54) is 4.90 Å². The van der Waals surface area contributed by atoms with Crippen LogP contribution < -0.4 is 5.32 Å². The first-order valence-corrected chi connectivity index (χ1v) is 9.33. The maximum atomic E-state index is 12.6. The molecule has 2 atom stereocenters. The van der Waals surface area contributed by atoms with Crippen molar-refractivity contribution < 1.29 is 14.4 Å². The molecule has 0 bridgehead atoms. The average molecular weight is 346 g/mol. The Labute approximate surface area is 146 Å². The van der Waals surface area contributed by atoms with Crippen molar-refractivity contribution in [1.82, 2.24) is 10.2 Å². The molecule has 0 spiro atoms. The second kappa shape index (κ2) is 6.97. The highest BCUT2D eigenvalue weighted by atomic mass is 32.2. The van der Waals surface area contributed by atoms with Crippen molar-refractivity contribution in [2.45, 2.75) is 51.6 Å². The molecule has 1 heterocycles. The number of carbonyl (C=O) groups is 3. The summed E-state index contributed by atoms with van der Waals surface area (Å²) < 4.78 is 0. The van der Waals surface area contributed by atoms with Crippen LogP contribution in [0.15, 0.2) is 18.2 Å². The fraction of sp³-hybridized carbons (Fsp3) is 0.500. The molecule has 1 saturated carbocycles. The van der Waals surface area contributed by atoms with E-state index in [-0.39, 0.29) is 34.9 Å². The van der Waals surface area contributed by atoms with Crippen LogP contribution >= 0.6 is 11.8 Å². The molecule has 0 radical (unpaired) electrons. The Morgan fingerprint density at radius 2 is 1.92 bits per heavy atom. The van der Waals surface area contributed by atoms with Gasteiger partial charge in [-0.2, -0.15) is 0 Å². The molecule has 1 saturated heterocycles. The van der Waals surface area contributed by atoms with E-state index < -0.39 is 0 Å².